The molecule has 0 bridgehead atoms. The van der Waals surface area contributed by atoms with Crippen molar-refractivity contribution in [3.63, 3.8) is 0 Å². The Bertz CT molecular complexity index is 1440. The van der Waals surface area contributed by atoms with Crippen molar-refractivity contribution >= 4 is 46.6 Å². The van der Waals surface area contributed by atoms with Gasteiger partial charge in [0.25, 0.3) is 11.8 Å². The molecule has 2 aliphatic heterocycles. The summed E-state index contributed by atoms with van der Waals surface area (Å²) in [6.07, 6.45) is -1.03. The topological polar surface area (TPSA) is 140 Å². The molecule has 2 amide bonds. The summed E-state index contributed by atoms with van der Waals surface area (Å²) in [5, 5.41) is 18.8. The predicted octanol–water partition coefficient (Wildman–Crippen LogP) is 3.48. The number of anilines is 2. The number of nitrogens with two attached hydrogens (primary N) is 1. The fourth-order valence-corrected chi connectivity index (χ4v) is 4.82. The molecule has 0 radical (unpaired) electrons. The second-order valence-corrected chi connectivity index (χ2v) is 9.38. The molecule has 10 nitrogen and oxygen atoms in total. The average molecular weight is 534 g/mol. The Balaban J connectivity index is 1.58. The summed E-state index contributed by atoms with van der Waals surface area (Å²) in [5.41, 5.74) is 8.40. The van der Waals surface area contributed by atoms with Gasteiger partial charge in [-0.2, -0.15) is 0 Å². The molecule has 0 aromatic heterocycles. The van der Waals surface area contributed by atoms with Gasteiger partial charge in [0.05, 0.1) is 35.5 Å². The third-order valence-corrected chi connectivity index (χ3v) is 6.74. The van der Waals surface area contributed by atoms with E-state index in [0.717, 1.165) is 5.56 Å². The van der Waals surface area contributed by atoms with E-state index in [1.807, 2.05) is 0 Å². The summed E-state index contributed by atoms with van der Waals surface area (Å²) in [7, 11) is 0. The SMILES string of the molecule is N=C(N)c1ccc(CON2c3ccc(Cl)cc3C(=O)N3c4ccccc4C(=O)N(CCC(=O)O)CC23)cc1. The van der Waals surface area contributed by atoms with Gasteiger partial charge in [0, 0.05) is 17.1 Å². The number of carboxylic acid groups (broad SMARTS) is 1. The minimum Gasteiger partial charge on any atom is -0.481 e. The highest BCUT2D eigenvalue weighted by Crippen LogP contribution is 2.39. The monoisotopic (exact) mass is 533 g/mol. The number of nitrogens with one attached hydrogen (secondary N) is 1. The van der Waals surface area contributed by atoms with Crippen LogP contribution in [-0.2, 0) is 16.2 Å². The summed E-state index contributed by atoms with van der Waals surface area (Å²) in [6, 6.07) is 18.7. The summed E-state index contributed by atoms with van der Waals surface area (Å²) in [4.78, 5) is 47.9. The highest BCUT2D eigenvalue weighted by atomic mass is 35.5. The number of hydrogen-bond acceptors (Lipinski definition) is 6. The number of rotatable bonds is 7. The number of carbonyl (C=O) groups excluding carboxylic acids is 2. The van der Waals surface area contributed by atoms with Crippen molar-refractivity contribution in [1.29, 1.82) is 5.41 Å². The van der Waals surface area contributed by atoms with Gasteiger partial charge in [-0.05, 0) is 35.9 Å². The Hall–Kier alpha value is -4.41. The second-order valence-electron chi connectivity index (χ2n) is 8.94. The molecule has 38 heavy (non-hydrogen) atoms. The van der Waals surface area contributed by atoms with Crippen LogP contribution in [0.2, 0.25) is 5.02 Å². The first-order valence-corrected chi connectivity index (χ1v) is 12.2. The van der Waals surface area contributed by atoms with E-state index in [1.165, 1.54) is 9.80 Å². The number of nitrogen functional groups attached to an aromatic ring is 1. The van der Waals surface area contributed by atoms with Crippen LogP contribution >= 0.6 is 11.6 Å². The molecule has 0 saturated carbocycles. The predicted molar refractivity (Wildman–Crippen MR) is 141 cm³/mol. The fraction of sp³-hybridized carbons (Fsp3) is 0.185. The van der Waals surface area contributed by atoms with Crippen LogP contribution in [0.5, 0.6) is 0 Å². The molecule has 11 heteroatoms. The third-order valence-electron chi connectivity index (χ3n) is 6.51. The number of carbonyl (C=O) groups is 3. The van der Waals surface area contributed by atoms with Crippen LogP contribution in [0.1, 0.15) is 38.3 Å². The summed E-state index contributed by atoms with van der Waals surface area (Å²) >= 11 is 6.25. The molecule has 0 fully saturated rings. The molecule has 3 aromatic carbocycles. The first-order valence-electron chi connectivity index (χ1n) is 11.8. The van der Waals surface area contributed by atoms with Gasteiger partial charge in [-0.3, -0.25) is 29.5 Å². The molecule has 2 aliphatic rings. The number of halogens is 1. The zero-order valence-electron chi connectivity index (χ0n) is 20.1. The molecule has 0 spiro atoms. The van der Waals surface area contributed by atoms with E-state index in [0.29, 0.717) is 33.1 Å². The number of aliphatic carboxylic acids is 1. The van der Waals surface area contributed by atoms with E-state index in [1.54, 1.807) is 71.8 Å². The average Bonchev–Trinajstić information content (AvgIpc) is 3.02. The fourth-order valence-electron chi connectivity index (χ4n) is 4.65. The Kier molecular flexibility index (Phi) is 6.75. The third kappa shape index (κ3) is 4.67. The van der Waals surface area contributed by atoms with Gasteiger partial charge in [0.1, 0.15) is 12.4 Å². The van der Waals surface area contributed by atoms with Crippen LogP contribution in [0.3, 0.4) is 0 Å². The van der Waals surface area contributed by atoms with Crippen molar-refractivity contribution in [1.82, 2.24) is 4.90 Å². The smallest absolute Gasteiger partial charge is 0.305 e. The van der Waals surface area contributed by atoms with Crippen molar-refractivity contribution in [3.8, 4) is 0 Å². The van der Waals surface area contributed by atoms with Crippen LogP contribution < -0.4 is 15.7 Å². The number of benzene rings is 3. The van der Waals surface area contributed by atoms with Crippen LogP contribution in [-0.4, -0.2) is 52.9 Å². The van der Waals surface area contributed by atoms with Crippen LogP contribution in [0, 0.1) is 5.41 Å². The lowest BCUT2D eigenvalue weighted by Gasteiger charge is -2.44. The van der Waals surface area contributed by atoms with Gasteiger partial charge >= 0.3 is 5.97 Å². The number of para-hydroxylation sites is 1. The van der Waals surface area contributed by atoms with E-state index >= 15 is 0 Å². The zero-order chi connectivity index (χ0) is 27.0. The lowest BCUT2D eigenvalue weighted by molar-refractivity contribution is -0.137. The number of fused-ring (bicyclic) bond motifs is 4. The number of amidine groups is 1. The summed E-state index contributed by atoms with van der Waals surface area (Å²) < 4.78 is 0. The zero-order valence-corrected chi connectivity index (χ0v) is 20.9. The Morgan fingerprint density at radius 2 is 1.76 bits per heavy atom. The molecular formula is C27H24ClN5O5. The lowest BCUT2D eigenvalue weighted by atomic mass is 10.0. The number of carboxylic acids is 1. The molecule has 0 saturated heterocycles. The summed E-state index contributed by atoms with van der Waals surface area (Å²) in [5.74, 6) is -1.80. The van der Waals surface area contributed by atoms with E-state index in [4.69, 9.17) is 27.6 Å². The molecule has 1 unspecified atom stereocenters. The van der Waals surface area contributed by atoms with Gasteiger partial charge in [-0.15, -0.1) is 0 Å². The van der Waals surface area contributed by atoms with Crippen molar-refractivity contribution in [2.75, 3.05) is 23.1 Å². The Labute approximate surface area is 223 Å². The first-order chi connectivity index (χ1) is 18.2. The van der Waals surface area contributed by atoms with Crippen LogP contribution in [0.25, 0.3) is 0 Å². The van der Waals surface area contributed by atoms with Gasteiger partial charge < -0.3 is 15.7 Å². The highest BCUT2D eigenvalue weighted by Gasteiger charge is 2.44. The van der Waals surface area contributed by atoms with Gasteiger partial charge in [-0.1, -0.05) is 48.0 Å². The largest absolute Gasteiger partial charge is 0.481 e. The normalized spacial score (nSPS) is 16.4. The maximum atomic E-state index is 13.8. The summed E-state index contributed by atoms with van der Waals surface area (Å²) in [6.45, 7) is 0.0935. The van der Waals surface area contributed by atoms with Crippen LogP contribution in [0.15, 0.2) is 66.7 Å². The minimum atomic E-state index is -1.03. The number of nitrogens with zero attached hydrogens (tertiary/aromatic N) is 3. The lowest BCUT2D eigenvalue weighted by Crippen LogP contribution is -2.59. The highest BCUT2D eigenvalue weighted by molar-refractivity contribution is 6.31. The molecule has 194 valence electrons. The van der Waals surface area contributed by atoms with Crippen molar-refractivity contribution in [2.45, 2.75) is 19.2 Å². The Morgan fingerprint density at radius 1 is 1.03 bits per heavy atom. The maximum Gasteiger partial charge on any atom is 0.305 e. The molecule has 1 atom stereocenters. The van der Waals surface area contributed by atoms with Crippen molar-refractivity contribution < 1.29 is 24.3 Å². The number of hydroxylamine groups is 1. The maximum absolute atomic E-state index is 13.8. The molecule has 3 aromatic rings. The van der Waals surface area contributed by atoms with Crippen molar-refractivity contribution in [3.05, 3.63) is 94.0 Å². The standard InChI is InChI=1S/C27H24ClN5O5/c28-18-9-10-22-20(13-18)27(37)32-21-4-2-1-3-19(21)26(36)31(12-11-24(34)35)14-23(32)33(22)38-15-16-5-7-17(8-6-16)25(29)30/h1-10,13,23H,11-12,14-15H2,(H3,29,30)(H,34,35). The van der Waals surface area contributed by atoms with E-state index < -0.39 is 12.1 Å². The molecule has 0 aliphatic carbocycles. The quantitative estimate of drug-likeness (QED) is 0.312. The first kappa shape index (κ1) is 25.2. The molecule has 4 N–H and O–H groups in total. The minimum absolute atomic E-state index is 0.0118. The van der Waals surface area contributed by atoms with Gasteiger partial charge in [0.2, 0.25) is 0 Å². The number of amides is 2. The second kappa shape index (κ2) is 10.2. The van der Waals surface area contributed by atoms with E-state index in [9.17, 15) is 19.5 Å². The Morgan fingerprint density at radius 3 is 2.47 bits per heavy atom. The van der Waals surface area contributed by atoms with E-state index in [2.05, 4.69) is 0 Å². The van der Waals surface area contributed by atoms with Crippen LogP contribution in [0.4, 0.5) is 11.4 Å². The molecule has 5 rings (SSSR count). The molecule has 2 heterocycles. The van der Waals surface area contributed by atoms with E-state index in [-0.39, 0.29) is 43.8 Å². The molecular weight excluding hydrogens is 510 g/mol. The van der Waals surface area contributed by atoms with Crippen molar-refractivity contribution in [2.24, 2.45) is 5.73 Å². The van der Waals surface area contributed by atoms with Gasteiger partial charge in [-0.25, -0.2) is 5.06 Å². The van der Waals surface area contributed by atoms with Gasteiger partial charge in [0.15, 0.2) is 6.17 Å². The number of hydrogen-bond donors (Lipinski definition) is 3.